The van der Waals surface area contributed by atoms with Crippen LogP contribution in [0, 0.1) is 0 Å². The van der Waals surface area contributed by atoms with Crippen molar-refractivity contribution in [2.24, 2.45) is 5.73 Å². The molecule has 11 N–H and O–H groups in total. The molecular formula is C30H46N8O10S. The fraction of sp³-hybridized carbons (Fsp3) is 0.533. The molecule has 0 aliphatic rings. The summed E-state index contributed by atoms with van der Waals surface area (Å²) in [5.41, 5.74) is 6.32. The number of aromatic hydroxyl groups is 1. The molecule has 1 aromatic carbocycles. The van der Waals surface area contributed by atoms with E-state index in [0.717, 1.165) is 0 Å². The maximum absolute atomic E-state index is 13.1. The van der Waals surface area contributed by atoms with Crippen molar-refractivity contribution in [3.63, 3.8) is 0 Å². The standard InChI is InChI=1S/C30H46N8O10S/c1-13(23(40)33-14(2)25(42)35-16(4)27(44)37-18(6)30(47)48)32-24(41)15(3)34-26(43)17(5)36-29(46)22(38-28(45)21(31)12-49)11-19-7-9-20(39)10-8-19/h7-10,13-18,21-22,39,49H,11-12,31H2,1-6H3,(H,32,41)(H,33,40)(H,34,43)(H,35,42)(H,36,46)(H,37,44)(H,38,45)(H,47,48)/t13-,14-,15-,16-,17-,18-,21-,22-/m0/s1. The van der Waals surface area contributed by atoms with E-state index in [2.05, 4.69) is 49.8 Å². The molecule has 0 heterocycles. The number of rotatable bonds is 18. The number of nitrogens with one attached hydrogen (secondary N) is 7. The molecule has 49 heavy (non-hydrogen) atoms. The summed E-state index contributed by atoms with van der Waals surface area (Å²) >= 11 is 3.99. The van der Waals surface area contributed by atoms with Gasteiger partial charge in [-0.2, -0.15) is 12.6 Å². The minimum absolute atomic E-state index is 0.00491. The van der Waals surface area contributed by atoms with Crippen molar-refractivity contribution < 1.29 is 48.6 Å². The molecule has 0 saturated heterocycles. The van der Waals surface area contributed by atoms with E-state index in [1.54, 1.807) is 12.1 Å². The first-order chi connectivity index (χ1) is 22.8. The lowest BCUT2D eigenvalue weighted by Crippen LogP contribution is -2.58. The smallest absolute Gasteiger partial charge is 0.325 e. The lowest BCUT2D eigenvalue weighted by molar-refractivity contribution is -0.141. The second-order valence-corrected chi connectivity index (χ2v) is 11.8. The summed E-state index contributed by atoms with van der Waals surface area (Å²) in [5, 5.41) is 35.2. The number of thiol groups is 1. The number of hydrogen-bond donors (Lipinski definition) is 11. The highest BCUT2D eigenvalue weighted by Crippen LogP contribution is 2.12. The molecule has 0 aromatic heterocycles. The SMILES string of the molecule is C[C@H](NC(=O)[C@H](C)NC(=O)[C@H](C)NC(=O)[C@H](C)NC(=O)[C@H](C)NC(=O)[C@H](C)NC(=O)[C@H](Cc1ccc(O)cc1)NC(=O)[C@@H](N)CS)C(=O)O. The number of carboxylic acid groups (broad SMARTS) is 1. The number of carbonyl (C=O) groups is 8. The minimum atomic E-state index is -1.26. The van der Waals surface area contributed by atoms with Crippen LogP contribution >= 0.6 is 12.6 Å². The topological polar surface area (TPSA) is 287 Å². The Morgan fingerprint density at radius 1 is 0.571 bits per heavy atom. The van der Waals surface area contributed by atoms with Gasteiger partial charge in [0.15, 0.2) is 0 Å². The quantitative estimate of drug-likeness (QED) is 0.0674. The first kappa shape index (κ1) is 42.1. The summed E-state index contributed by atoms with van der Waals surface area (Å²) in [5.74, 6) is -6.37. The second-order valence-electron chi connectivity index (χ2n) is 11.4. The van der Waals surface area contributed by atoms with Gasteiger partial charge in [-0.3, -0.25) is 38.4 Å². The third-order valence-corrected chi connectivity index (χ3v) is 7.43. The Labute approximate surface area is 288 Å². The highest BCUT2D eigenvalue weighted by atomic mass is 32.1. The van der Waals surface area contributed by atoms with Gasteiger partial charge in [-0.1, -0.05) is 12.1 Å². The Morgan fingerprint density at radius 3 is 1.22 bits per heavy atom. The molecule has 0 bridgehead atoms. The van der Waals surface area contributed by atoms with E-state index in [4.69, 9.17) is 10.8 Å². The van der Waals surface area contributed by atoms with E-state index in [1.807, 2.05) is 0 Å². The molecular weight excluding hydrogens is 664 g/mol. The van der Waals surface area contributed by atoms with E-state index in [1.165, 1.54) is 53.7 Å². The number of benzene rings is 1. The average molecular weight is 711 g/mol. The zero-order valence-corrected chi connectivity index (χ0v) is 28.9. The molecule has 18 nitrogen and oxygen atoms in total. The van der Waals surface area contributed by atoms with Crippen LogP contribution < -0.4 is 43.0 Å². The Kier molecular flexibility index (Phi) is 17.0. The molecule has 19 heteroatoms. The van der Waals surface area contributed by atoms with Gasteiger partial charge >= 0.3 is 5.97 Å². The van der Waals surface area contributed by atoms with E-state index < -0.39 is 95.7 Å². The molecule has 0 radical (unpaired) electrons. The Balaban J connectivity index is 2.71. The second kappa shape index (κ2) is 19.8. The Bertz CT molecular complexity index is 1380. The zero-order chi connectivity index (χ0) is 37.6. The summed E-state index contributed by atoms with van der Waals surface area (Å²) in [6, 6.07) is -3.15. The minimum Gasteiger partial charge on any atom is -0.508 e. The average Bonchev–Trinajstić information content (AvgIpc) is 3.04. The lowest BCUT2D eigenvalue weighted by Gasteiger charge is -2.24. The predicted octanol–water partition coefficient (Wildman–Crippen LogP) is -3.21. The molecule has 0 spiro atoms. The number of phenols is 1. The molecule has 1 rings (SSSR count). The predicted molar refractivity (Wildman–Crippen MR) is 179 cm³/mol. The van der Waals surface area contributed by atoms with Crippen LogP contribution in [0.15, 0.2) is 24.3 Å². The summed E-state index contributed by atoms with van der Waals surface area (Å²) in [6.07, 6.45) is 0.00491. The maximum atomic E-state index is 13.1. The van der Waals surface area contributed by atoms with Gasteiger partial charge in [0.2, 0.25) is 41.4 Å². The number of carboxylic acids is 1. The molecule has 7 amide bonds. The monoisotopic (exact) mass is 710 g/mol. The maximum Gasteiger partial charge on any atom is 0.325 e. The summed E-state index contributed by atoms with van der Waals surface area (Å²) < 4.78 is 0. The van der Waals surface area contributed by atoms with Crippen molar-refractivity contribution in [3.8, 4) is 5.75 Å². The number of nitrogens with two attached hydrogens (primary N) is 1. The molecule has 0 aliphatic heterocycles. The van der Waals surface area contributed by atoms with Gasteiger partial charge in [-0.15, -0.1) is 0 Å². The number of amides is 7. The molecule has 272 valence electrons. The van der Waals surface area contributed by atoms with E-state index in [-0.39, 0.29) is 17.9 Å². The van der Waals surface area contributed by atoms with Gasteiger partial charge in [-0.05, 0) is 59.2 Å². The number of hydrogen-bond acceptors (Lipinski definition) is 11. The largest absolute Gasteiger partial charge is 0.508 e. The van der Waals surface area contributed by atoms with Gasteiger partial charge in [0.05, 0.1) is 6.04 Å². The van der Waals surface area contributed by atoms with Crippen LogP contribution in [0.4, 0.5) is 0 Å². The number of carbonyl (C=O) groups excluding carboxylic acids is 7. The number of phenolic OH excluding ortho intramolecular Hbond substituents is 1. The lowest BCUT2D eigenvalue weighted by atomic mass is 10.0. The Morgan fingerprint density at radius 2 is 0.898 bits per heavy atom. The van der Waals surface area contributed by atoms with E-state index in [0.29, 0.717) is 5.56 Å². The van der Waals surface area contributed by atoms with Gasteiger partial charge in [0.25, 0.3) is 0 Å². The summed E-state index contributed by atoms with van der Waals surface area (Å²) in [7, 11) is 0. The molecule has 0 unspecified atom stereocenters. The van der Waals surface area contributed by atoms with Gasteiger partial charge in [0.1, 0.15) is 48.0 Å². The van der Waals surface area contributed by atoms with Crippen molar-refractivity contribution in [2.45, 2.75) is 96.3 Å². The van der Waals surface area contributed by atoms with Crippen molar-refractivity contribution in [2.75, 3.05) is 5.75 Å². The van der Waals surface area contributed by atoms with Crippen LogP contribution in [0.2, 0.25) is 0 Å². The van der Waals surface area contributed by atoms with Crippen LogP contribution in [0.3, 0.4) is 0 Å². The van der Waals surface area contributed by atoms with Crippen molar-refractivity contribution in [1.29, 1.82) is 0 Å². The van der Waals surface area contributed by atoms with Crippen LogP contribution in [-0.4, -0.2) is 112 Å². The number of aliphatic carboxylic acids is 1. The van der Waals surface area contributed by atoms with Gasteiger partial charge in [0, 0.05) is 12.2 Å². The van der Waals surface area contributed by atoms with Gasteiger partial charge < -0.3 is 53.2 Å². The molecule has 0 aliphatic carbocycles. The molecule has 0 saturated carbocycles. The highest BCUT2D eigenvalue weighted by Gasteiger charge is 2.29. The fourth-order valence-corrected chi connectivity index (χ4v) is 4.00. The van der Waals surface area contributed by atoms with E-state index in [9.17, 15) is 43.5 Å². The van der Waals surface area contributed by atoms with Crippen molar-refractivity contribution in [3.05, 3.63) is 29.8 Å². The first-order valence-electron chi connectivity index (χ1n) is 15.3. The van der Waals surface area contributed by atoms with Gasteiger partial charge in [-0.25, -0.2) is 0 Å². The van der Waals surface area contributed by atoms with Crippen LogP contribution in [0.5, 0.6) is 5.75 Å². The van der Waals surface area contributed by atoms with Crippen LogP contribution in [0.25, 0.3) is 0 Å². The molecule has 1 aromatic rings. The third-order valence-electron chi connectivity index (χ3n) is 7.03. The van der Waals surface area contributed by atoms with Crippen molar-refractivity contribution >= 4 is 59.9 Å². The van der Waals surface area contributed by atoms with E-state index >= 15 is 0 Å². The highest BCUT2D eigenvalue weighted by molar-refractivity contribution is 7.80. The normalized spacial score (nSPS) is 15.7. The fourth-order valence-electron chi connectivity index (χ4n) is 3.83. The third kappa shape index (κ3) is 14.4. The van der Waals surface area contributed by atoms with Crippen LogP contribution in [-0.2, 0) is 44.8 Å². The van der Waals surface area contributed by atoms with Crippen molar-refractivity contribution in [1.82, 2.24) is 37.2 Å². The molecule has 8 atom stereocenters. The summed E-state index contributed by atoms with van der Waals surface area (Å²) in [4.78, 5) is 99.1. The zero-order valence-electron chi connectivity index (χ0n) is 28.0. The Hall–Kier alpha value is -4.91. The van der Waals surface area contributed by atoms with Crippen LogP contribution in [0.1, 0.15) is 47.1 Å². The molecule has 0 fully saturated rings. The summed E-state index contributed by atoms with van der Waals surface area (Å²) in [6.45, 7) is 7.95. The first-order valence-corrected chi connectivity index (χ1v) is 15.9.